The number of halogens is 2. The van der Waals surface area contributed by atoms with E-state index < -0.39 is 11.6 Å². The van der Waals surface area contributed by atoms with Gasteiger partial charge < -0.3 is 9.47 Å². The zero-order valence-electron chi connectivity index (χ0n) is 11.1. The van der Waals surface area contributed by atoms with Crippen molar-refractivity contribution in [3.63, 3.8) is 0 Å². The number of carbonyl (C=O) groups excluding carboxylic acids is 1. The van der Waals surface area contributed by atoms with Crippen molar-refractivity contribution in [2.45, 2.75) is 13.8 Å². The number of ketones is 1. The van der Waals surface area contributed by atoms with Crippen molar-refractivity contribution in [1.29, 1.82) is 0 Å². The van der Waals surface area contributed by atoms with E-state index >= 15 is 0 Å². The summed E-state index contributed by atoms with van der Waals surface area (Å²) in [5, 5.41) is 0. The van der Waals surface area contributed by atoms with E-state index in [9.17, 15) is 13.6 Å². The monoisotopic (exact) mass is 272 g/mol. The first kappa shape index (κ1) is 15.7. The van der Waals surface area contributed by atoms with Crippen LogP contribution in [0.3, 0.4) is 0 Å². The number of hydrogen-bond acceptors (Lipinski definition) is 3. The van der Waals surface area contributed by atoms with Gasteiger partial charge in [-0.3, -0.25) is 4.79 Å². The van der Waals surface area contributed by atoms with Gasteiger partial charge in [-0.2, -0.15) is 0 Å². The van der Waals surface area contributed by atoms with E-state index in [1.165, 1.54) is 6.07 Å². The summed E-state index contributed by atoms with van der Waals surface area (Å²) in [6, 6.07) is 3.03. The van der Waals surface area contributed by atoms with Crippen LogP contribution in [0.5, 0.6) is 0 Å². The molecule has 0 saturated heterocycles. The molecule has 0 amide bonds. The summed E-state index contributed by atoms with van der Waals surface area (Å²) in [5.41, 5.74) is 0.0991. The fraction of sp³-hybridized carbons (Fsp3) is 0.500. The quantitative estimate of drug-likeness (QED) is 0.539. The number of hydrogen-bond donors (Lipinski definition) is 0. The molecule has 106 valence electrons. The third-order valence-corrected chi connectivity index (χ3v) is 2.30. The summed E-state index contributed by atoms with van der Waals surface area (Å²) in [5.74, 6) is -1.95. The minimum atomic E-state index is -1.04. The first-order chi connectivity index (χ1) is 9.00. The van der Waals surface area contributed by atoms with Gasteiger partial charge in [0.1, 0.15) is 6.61 Å². The predicted octanol–water partition coefficient (Wildman–Crippen LogP) is 2.84. The minimum absolute atomic E-state index is 0.0991. The lowest BCUT2D eigenvalue weighted by atomic mass is 10.1. The molecule has 0 fully saturated rings. The Hall–Kier alpha value is -1.33. The Morgan fingerprint density at radius 2 is 1.84 bits per heavy atom. The number of rotatable bonds is 8. The molecule has 0 radical (unpaired) electrons. The van der Waals surface area contributed by atoms with Gasteiger partial charge >= 0.3 is 0 Å². The highest BCUT2D eigenvalue weighted by molar-refractivity contribution is 5.97. The molecule has 0 atom stereocenters. The normalized spacial score (nSPS) is 11.0. The zero-order chi connectivity index (χ0) is 14.3. The predicted molar refractivity (Wildman–Crippen MR) is 67.2 cm³/mol. The van der Waals surface area contributed by atoms with Crippen LogP contribution < -0.4 is 0 Å². The molecule has 1 aromatic carbocycles. The second kappa shape index (κ2) is 7.96. The summed E-state index contributed by atoms with van der Waals surface area (Å²) < 4.78 is 36.0. The highest BCUT2D eigenvalue weighted by Gasteiger charge is 2.09. The van der Waals surface area contributed by atoms with E-state index in [2.05, 4.69) is 0 Å². The van der Waals surface area contributed by atoms with Gasteiger partial charge in [-0.1, -0.05) is 13.8 Å². The standard InChI is InChI=1S/C14H18F2O3/c1-10(2)8-18-5-6-19-9-14(17)11-3-4-12(15)13(16)7-11/h3-4,7,10H,5-6,8-9H2,1-2H3. The summed E-state index contributed by atoms with van der Waals surface area (Å²) in [7, 11) is 0. The van der Waals surface area contributed by atoms with Crippen LogP contribution in [-0.4, -0.2) is 32.2 Å². The van der Waals surface area contributed by atoms with E-state index in [-0.39, 0.29) is 18.0 Å². The molecule has 0 aliphatic carbocycles. The fourth-order valence-corrected chi connectivity index (χ4v) is 1.35. The number of benzene rings is 1. The van der Waals surface area contributed by atoms with Crippen molar-refractivity contribution in [2.75, 3.05) is 26.4 Å². The Morgan fingerprint density at radius 3 is 2.47 bits per heavy atom. The van der Waals surface area contributed by atoms with E-state index in [1.54, 1.807) is 0 Å². The topological polar surface area (TPSA) is 35.5 Å². The number of ether oxygens (including phenoxy) is 2. The first-order valence-electron chi connectivity index (χ1n) is 6.14. The molecule has 0 heterocycles. The van der Waals surface area contributed by atoms with Gasteiger partial charge in [0.25, 0.3) is 0 Å². The third kappa shape index (κ3) is 5.89. The molecule has 19 heavy (non-hydrogen) atoms. The molecule has 0 aliphatic rings. The number of carbonyl (C=O) groups is 1. The van der Waals surface area contributed by atoms with E-state index in [4.69, 9.17) is 9.47 Å². The van der Waals surface area contributed by atoms with Crippen molar-refractivity contribution in [1.82, 2.24) is 0 Å². The van der Waals surface area contributed by atoms with Crippen LogP contribution in [0.4, 0.5) is 8.78 Å². The van der Waals surface area contributed by atoms with Crippen LogP contribution in [0.1, 0.15) is 24.2 Å². The smallest absolute Gasteiger partial charge is 0.188 e. The molecular formula is C14H18F2O3. The van der Waals surface area contributed by atoms with Gasteiger partial charge in [0.15, 0.2) is 17.4 Å². The molecule has 3 nitrogen and oxygen atoms in total. The molecule has 0 aromatic heterocycles. The van der Waals surface area contributed by atoms with Gasteiger partial charge in [-0.05, 0) is 24.1 Å². The molecule has 0 unspecified atom stereocenters. The van der Waals surface area contributed by atoms with Crippen molar-refractivity contribution >= 4 is 5.78 Å². The van der Waals surface area contributed by atoms with E-state index in [0.29, 0.717) is 25.7 Å². The average Bonchev–Trinajstić information content (AvgIpc) is 2.36. The van der Waals surface area contributed by atoms with Gasteiger partial charge in [-0.15, -0.1) is 0 Å². The van der Waals surface area contributed by atoms with Crippen LogP contribution in [0.25, 0.3) is 0 Å². The van der Waals surface area contributed by atoms with Crippen LogP contribution >= 0.6 is 0 Å². The molecular weight excluding hydrogens is 254 g/mol. The lowest BCUT2D eigenvalue weighted by Gasteiger charge is -2.07. The van der Waals surface area contributed by atoms with Crippen molar-refractivity contribution in [3.05, 3.63) is 35.4 Å². The van der Waals surface area contributed by atoms with Crippen molar-refractivity contribution in [3.8, 4) is 0 Å². The van der Waals surface area contributed by atoms with Gasteiger partial charge in [0.05, 0.1) is 13.2 Å². The SMILES string of the molecule is CC(C)COCCOCC(=O)c1ccc(F)c(F)c1. The Morgan fingerprint density at radius 1 is 1.16 bits per heavy atom. The van der Waals surface area contributed by atoms with Crippen LogP contribution in [0.15, 0.2) is 18.2 Å². The zero-order valence-corrected chi connectivity index (χ0v) is 11.1. The summed E-state index contributed by atoms with van der Waals surface area (Å²) in [4.78, 5) is 11.6. The van der Waals surface area contributed by atoms with E-state index in [1.807, 2.05) is 13.8 Å². The maximum atomic E-state index is 12.9. The Labute approximate surface area is 111 Å². The third-order valence-electron chi connectivity index (χ3n) is 2.30. The molecule has 0 aliphatic heterocycles. The Balaban J connectivity index is 2.26. The van der Waals surface area contributed by atoms with Crippen molar-refractivity contribution in [2.24, 2.45) is 5.92 Å². The minimum Gasteiger partial charge on any atom is -0.379 e. The molecule has 1 aromatic rings. The molecule has 5 heteroatoms. The fourth-order valence-electron chi connectivity index (χ4n) is 1.35. The lowest BCUT2D eigenvalue weighted by Crippen LogP contribution is -2.14. The lowest BCUT2D eigenvalue weighted by molar-refractivity contribution is 0.0364. The summed E-state index contributed by atoms with van der Waals surface area (Å²) in [6.07, 6.45) is 0. The number of Topliss-reactive ketones (excluding diaryl/α,β-unsaturated/α-hetero) is 1. The van der Waals surface area contributed by atoms with Gasteiger partial charge in [-0.25, -0.2) is 8.78 Å². The molecule has 0 bridgehead atoms. The molecule has 0 saturated carbocycles. The van der Waals surface area contributed by atoms with Gasteiger partial charge in [0.2, 0.25) is 0 Å². The molecule has 0 spiro atoms. The largest absolute Gasteiger partial charge is 0.379 e. The summed E-state index contributed by atoms with van der Waals surface area (Å²) >= 11 is 0. The van der Waals surface area contributed by atoms with Crippen LogP contribution in [0, 0.1) is 17.6 Å². The summed E-state index contributed by atoms with van der Waals surface area (Å²) in [6.45, 7) is 5.24. The van der Waals surface area contributed by atoms with E-state index in [0.717, 1.165) is 12.1 Å². The maximum absolute atomic E-state index is 12.9. The highest BCUT2D eigenvalue weighted by Crippen LogP contribution is 2.09. The molecule has 1 rings (SSSR count). The maximum Gasteiger partial charge on any atom is 0.188 e. The highest BCUT2D eigenvalue weighted by atomic mass is 19.2. The molecule has 0 N–H and O–H groups in total. The second-order valence-electron chi connectivity index (χ2n) is 4.57. The van der Waals surface area contributed by atoms with Crippen LogP contribution in [-0.2, 0) is 9.47 Å². The first-order valence-corrected chi connectivity index (χ1v) is 6.14. The van der Waals surface area contributed by atoms with Crippen molar-refractivity contribution < 1.29 is 23.0 Å². The Kier molecular flexibility index (Phi) is 6.59. The Bertz CT molecular complexity index is 419. The van der Waals surface area contributed by atoms with Crippen LogP contribution in [0.2, 0.25) is 0 Å². The van der Waals surface area contributed by atoms with Gasteiger partial charge in [0, 0.05) is 12.2 Å². The average molecular weight is 272 g/mol. The second-order valence-corrected chi connectivity index (χ2v) is 4.57.